The van der Waals surface area contributed by atoms with Gasteiger partial charge < -0.3 is 9.47 Å². The Bertz CT molecular complexity index is 2810. The highest BCUT2D eigenvalue weighted by Gasteiger charge is 2.21. The van der Waals surface area contributed by atoms with Crippen LogP contribution in [0.2, 0.25) is 0 Å². The number of aromatic nitrogens is 1. The second-order valence-corrected chi connectivity index (χ2v) is 13.6. The Morgan fingerprint density at radius 1 is 0.429 bits per heavy atom. The zero-order valence-corrected chi connectivity index (χ0v) is 27.4. The Balaban J connectivity index is 1.11. The SMILES string of the molecule is c1ccc(N(c2ccc(-c3ccc4c(ccc5c6ccccc6sc45)c3)cc2)c2cccc3c2c2ccccc2n3-c2ccccc2)cc1. The molecule has 8 aromatic carbocycles. The van der Waals surface area contributed by atoms with E-state index in [0.29, 0.717) is 0 Å². The summed E-state index contributed by atoms with van der Waals surface area (Å²) in [4.78, 5) is 2.40. The summed E-state index contributed by atoms with van der Waals surface area (Å²) in [5.41, 5.74) is 9.36. The molecule has 0 aliphatic carbocycles. The van der Waals surface area contributed by atoms with Crippen molar-refractivity contribution in [2.45, 2.75) is 0 Å². The van der Waals surface area contributed by atoms with Crippen molar-refractivity contribution in [2.75, 3.05) is 4.90 Å². The maximum absolute atomic E-state index is 2.40. The van der Waals surface area contributed by atoms with Gasteiger partial charge in [0.15, 0.2) is 0 Å². The number of para-hydroxylation sites is 3. The molecule has 0 amide bonds. The lowest BCUT2D eigenvalue weighted by atomic mass is 9.99. The minimum Gasteiger partial charge on any atom is -0.310 e. The second kappa shape index (κ2) is 11.2. The molecule has 0 fully saturated rings. The van der Waals surface area contributed by atoms with Crippen LogP contribution in [0.3, 0.4) is 0 Å². The topological polar surface area (TPSA) is 8.17 Å². The van der Waals surface area contributed by atoms with Crippen molar-refractivity contribution < 1.29 is 0 Å². The molecule has 49 heavy (non-hydrogen) atoms. The summed E-state index contributed by atoms with van der Waals surface area (Å²) in [6.07, 6.45) is 0. The highest BCUT2D eigenvalue weighted by atomic mass is 32.1. The van der Waals surface area contributed by atoms with Crippen molar-refractivity contribution >= 4 is 81.1 Å². The molecule has 0 saturated carbocycles. The molecular formula is C46H30N2S. The van der Waals surface area contributed by atoms with Crippen LogP contribution in [-0.2, 0) is 0 Å². The van der Waals surface area contributed by atoms with Crippen molar-refractivity contribution in [3.05, 3.63) is 182 Å². The molecule has 2 aromatic heterocycles. The molecule has 2 heterocycles. The average Bonchev–Trinajstić information content (AvgIpc) is 3.72. The first kappa shape index (κ1) is 27.9. The number of fused-ring (bicyclic) bond motifs is 8. The Morgan fingerprint density at radius 2 is 1.08 bits per heavy atom. The predicted molar refractivity (Wildman–Crippen MR) is 211 cm³/mol. The fourth-order valence-corrected chi connectivity index (χ4v) is 8.78. The largest absolute Gasteiger partial charge is 0.310 e. The van der Waals surface area contributed by atoms with Crippen LogP contribution < -0.4 is 4.90 Å². The van der Waals surface area contributed by atoms with Gasteiger partial charge in [0.2, 0.25) is 0 Å². The zero-order valence-electron chi connectivity index (χ0n) is 26.6. The minimum atomic E-state index is 1.12. The van der Waals surface area contributed by atoms with Crippen LogP contribution in [0.1, 0.15) is 0 Å². The zero-order chi connectivity index (χ0) is 32.3. The van der Waals surface area contributed by atoms with Crippen molar-refractivity contribution in [1.29, 1.82) is 0 Å². The predicted octanol–water partition coefficient (Wildman–Crippen LogP) is 13.4. The number of benzene rings is 8. The van der Waals surface area contributed by atoms with E-state index in [4.69, 9.17) is 0 Å². The van der Waals surface area contributed by atoms with E-state index in [2.05, 4.69) is 191 Å². The van der Waals surface area contributed by atoms with Crippen LogP contribution in [0.4, 0.5) is 17.1 Å². The number of anilines is 3. The molecule has 2 nitrogen and oxygen atoms in total. The average molecular weight is 643 g/mol. The molecule has 0 unspecified atom stereocenters. The molecule has 0 N–H and O–H groups in total. The molecule has 10 rings (SSSR count). The van der Waals surface area contributed by atoms with Crippen LogP contribution in [-0.4, -0.2) is 4.57 Å². The van der Waals surface area contributed by atoms with Gasteiger partial charge in [-0.1, -0.05) is 115 Å². The second-order valence-electron chi connectivity index (χ2n) is 12.6. The van der Waals surface area contributed by atoms with Crippen molar-refractivity contribution in [1.82, 2.24) is 4.57 Å². The third-order valence-corrected chi connectivity index (χ3v) is 11.0. The molecule has 0 bridgehead atoms. The Labute approximate surface area is 288 Å². The van der Waals surface area contributed by atoms with Gasteiger partial charge in [-0.2, -0.15) is 0 Å². The fourth-order valence-electron chi connectivity index (χ4n) is 7.54. The van der Waals surface area contributed by atoms with Crippen LogP contribution >= 0.6 is 11.3 Å². The molecule has 3 heteroatoms. The lowest BCUT2D eigenvalue weighted by Gasteiger charge is -2.26. The van der Waals surface area contributed by atoms with E-state index < -0.39 is 0 Å². The Morgan fingerprint density at radius 3 is 1.92 bits per heavy atom. The van der Waals surface area contributed by atoms with Crippen molar-refractivity contribution in [2.24, 2.45) is 0 Å². The maximum Gasteiger partial charge on any atom is 0.0562 e. The summed E-state index contributed by atoms with van der Waals surface area (Å²) < 4.78 is 5.09. The van der Waals surface area contributed by atoms with Crippen molar-refractivity contribution in [3.63, 3.8) is 0 Å². The molecule has 230 valence electrons. The van der Waals surface area contributed by atoms with Gasteiger partial charge in [0.05, 0.1) is 16.7 Å². The van der Waals surface area contributed by atoms with Gasteiger partial charge in [0.25, 0.3) is 0 Å². The first-order valence-corrected chi connectivity index (χ1v) is 17.5. The van der Waals surface area contributed by atoms with Gasteiger partial charge in [0, 0.05) is 48.0 Å². The van der Waals surface area contributed by atoms with Gasteiger partial charge in [-0.25, -0.2) is 0 Å². The Hall–Kier alpha value is -6.16. The van der Waals surface area contributed by atoms with E-state index in [0.717, 1.165) is 22.7 Å². The lowest BCUT2D eigenvalue weighted by molar-refractivity contribution is 1.18. The molecule has 0 aliphatic heterocycles. The third kappa shape index (κ3) is 4.47. The van der Waals surface area contributed by atoms with Crippen LogP contribution in [0.5, 0.6) is 0 Å². The quantitative estimate of drug-likeness (QED) is 0.181. The van der Waals surface area contributed by atoms with E-state index in [-0.39, 0.29) is 0 Å². The first-order chi connectivity index (χ1) is 24.3. The minimum absolute atomic E-state index is 1.12. The number of nitrogens with zero attached hydrogens (tertiary/aromatic N) is 2. The first-order valence-electron chi connectivity index (χ1n) is 16.7. The molecule has 0 radical (unpaired) electrons. The van der Waals surface area contributed by atoms with Gasteiger partial charge in [-0.05, 0) is 88.6 Å². The fraction of sp³-hybridized carbons (Fsp3) is 0. The number of thiophene rings is 1. The van der Waals surface area contributed by atoms with Gasteiger partial charge in [-0.15, -0.1) is 11.3 Å². The summed E-state index contributed by atoms with van der Waals surface area (Å²) in [6, 6.07) is 66.0. The summed E-state index contributed by atoms with van der Waals surface area (Å²) in [7, 11) is 0. The van der Waals surface area contributed by atoms with Crippen LogP contribution in [0.25, 0.3) is 69.6 Å². The smallest absolute Gasteiger partial charge is 0.0562 e. The van der Waals surface area contributed by atoms with E-state index >= 15 is 0 Å². The van der Waals surface area contributed by atoms with E-state index in [1.54, 1.807) is 0 Å². The summed E-state index contributed by atoms with van der Waals surface area (Å²) in [5.74, 6) is 0. The van der Waals surface area contributed by atoms with E-state index in [9.17, 15) is 0 Å². The molecule has 0 spiro atoms. The monoisotopic (exact) mass is 642 g/mol. The van der Waals surface area contributed by atoms with E-state index in [1.165, 1.54) is 63.9 Å². The number of hydrogen-bond donors (Lipinski definition) is 0. The molecule has 0 saturated heterocycles. The highest BCUT2D eigenvalue weighted by Crippen LogP contribution is 2.44. The Kier molecular flexibility index (Phi) is 6.39. The van der Waals surface area contributed by atoms with Gasteiger partial charge in [-0.3, -0.25) is 0 Å². The maximum atomic E-state index is 2.40. The molecular weight excluding hydrogens is 613 g/mol. The summed E-state index contributed by atoms with van der Waals surface area (Å²) in [5, 5.41) is 7.74. The van der Waals surface area contributed by atoms with Gasteiger partial charge >= 0.3 is 0 Å². The van der Waals surface area contributed by atoms with Gasteiger partial charge in [0.1, 0.15) is 0 Å². The molecule has 0 aliphatic rings. The standard InChI is InChI=1S/C46H30N2S/c1-3-12-34(13-4-1)47(42-19-11-20-43-45(42)40-17-7-9-18-41(40)48(43)35-14-5-2-6-15-35)36-26-22-31(23-27-36)32-24-28-37-33(30-32)25-29-39-38-16-8-10-21-44(38)49-46(37)39/h1-30H. The van der Waals surface area contributed by atoms with Crippen molar-refractivity contribution in [3.8, 4) is 16.8 Å². The number of hydrogen-bond acceptors (Lipinski definition) is 2. The number of rotatable bonds is 5. The van der Waals surface area contributed by atoms with Crippen LogP contribution in [0, 0.1) is 0 Å². The summed E-state index contributed by atoms with van der Waals surface area (Å²) in [6.45, 7) is 0. The highest BCUT2D eigenvalue weighted by molar-refractivity contribution is 7.26. The third-order valence-electron chi connectivity index (χ3n) is 9.76. The van der Waals surface area contributed by atoms with E-state index in [1.807, 2.05) is 11.3 Å². The molecule has 10 aromatic rings. The lowest BCUT2D eigenvalue weighted by Crippen LogP contribution is -2.10. The normalized spacial score (nSPS) is 11.7. The summed E-state index contributed by atoms with van der Waals surface area (Å²) >= 11 is 1.89. The van der Waals surface area contributed by atoms with Crippen LogP contribution in [0.15, 0.2) is 182 Å². The molecule has 0 atom stereocenters.